The molecule has 1 atom stereocenters. The lowest BCUT2D eigenvalue weighted by molar-refractivity contribution is -0.115. The number of aryl methyl sites for hydroxylation is 1. The van der Waals surface area contributed by atoms with Gasteiger partial charge in [0, 0.05) is 18.8 Å². The molecule has 10 nitrogen and oxygen atoms in total. The molecule has 0 spiro atoms. The van der Waals surface area contributed by atoms with Crippen LogP contribution in [0, 0.1) is 6.92 Å². The van der Waals surface area contributed by atoms with Gasteiger partial charge in [0.1, 0.15) is 0 Å². The molecule has 0 bridgehead atoms. The minimum absolute atomic E-state index is 0.183. The van der Waals surface area contributed by atoms with E-state index in [9.17, 15) is 13.2 Å². The first-order valence-corrected chi connectivity index (χ1v) is 12.7. The molecule has 3 aromatic rings. The Kier molecular flexibility index (Phi) is 7.08. The quantitative estimate of drug-likeness (QED) is 0.502. The molecule has 2 heterocycles. The number of morpholine rings is 1. The molecule has 174 valence electrons. The van der Waals surface area contributed by atoms with Crippen molar-refractivity contribution < 1.29 is 17.9 Å². The Balaban J connectivity index is 1.40. The normalized spacial score (nSPS) is 15.8. The summed E-state index contributed by atoms with van der Waals surface area (Å²) < 4.78 is 33.7. The molecule has 0 radical (unpaired) electrons. The van der Waals surface area contributed by atoms with Gasteiger partial charge in [0.2, 0.25) is 21.1 Å². The highest BCUT2D eigenvalue weighted by Gasteiger charge is 2.26. The number of aromatic nitrogens is 4. The Morgan fingerprint density at radius 3 is 2.58 bits per heavy atom. The molecule has 1 saturated heterocycles. The molecule has 4 rings (SSSR count). The third kappa shape index (κ3) is 5.41. The first kappa shape index (κ1) is 23.4. The number of ether oxygens (including phenoxy) is 1. The van der Waals surface area contributed by atoms with Gasteiger partial charge < -0.3 is 10.1 Å². The third-order valence-corrected chi connectivity index (χ3v) is 8.01. The van der Waals surface area contributed by atoms with Crippen LogP contribution in [0.2, 0.25) is 0 Å². The smallest absolute Gasteiger partial charge is 0.243 e. The third-order valence-electron chi connectivity index (χ3n) is 5.07. The number of anilines is 1. The van der Waals surface area contributed by atoms with Gasteiger partial charge in [-0.25, -0.2) is 8.42 Å². The lowest BCUT2D eigenvalue weighted by Gasteiger charge is -2.26. The van der Waals surface area contributed by atoms with Crippen molar-refractivity contribution in [2.24, 2.45) is 0 Å². The Morgan fingerprint density at radius 1 is 1.15 bits per heavy atom. The van der Waals surface area contributed by atoms with Crippen LogP contribution in [0.3, 0.4) is 0 Å². The number of rotatable bonds is 7. The van der Waals surface area contributed by atoms with Crippen LogP contribution in [0.25, 0.3) is 5.69 Å². The fourth-order valence-electron chi connectivity index (χ4n) is 3.28. The number of sulfonamides is 1. The molecule has 1 fully saturated rings. The van der Waals surface area contributed by atoms with E-state index >= 15 is 0 Å². The predicted molar refractivity (Wildman–Crippen MR) is 124 cm³/mol. The number of thioether (sulfide) groups is 1. The van der Waals surface area contributed by atoms with E-state index in [1.807, 2.05) is 31.2 Å². The minimum atomic E-state index is -3.58. The maximum absolute atomic E-state index is 12.7. The van der Waals surface area contributed by atoms with Gasteiger partial charge in [-0.3, -0.25) is 4.79 Å². The largest absolute Gasteiger partial charge is 0.379 e. The summed E-state index contributed by atoms with van der Waals surface area (Å²) in [6.45, 7) is 5.17. The highest BCUT2D eigenvalue weighted by atomic mass is 32.2. The average molecular weight is 489 g/mol. The number of hydrogen-bond donors (Lipinski definition) is 1. The van der Waals surface area contributed by atoms with Crippen molar-refractivity contribution >= 4 is 33.4 Å². The number of nitrogens with one attached hydrogen (secondary N) is 1. The highest BCUT2D eigenvalue weighted by molar-refractivity contribution is 8.00. The van der Waals surface area contributed by atoms with E-state index in [-0.39, 0.29) is 10.8 Å². The number of amides is 1. The summed E-state index contributed by atoms with van der Waals surface area (Å²) in [4.78, 5) is 12.9. The van der Waals surface area contributed by atoms with Crippen LogP contribution in [0.1, 0.15) is 12.5 Å². The SMILES string of the molecule is Cc1cccc(-n2nnnc2S[C@H](C)C(=O)Nc2ccc(S(=O)(=O)N3CCOCC3)cc2)c1. The molecule has 12 heteroatoms. The van der Waals surface area contributed by atoms with E-state index in [4.69, 9.17) is 4.74 Å². The van der Waals surface area contributed by atoms with Crippen LogP contribution in [0.4, 0.5) is 5.69 Å². The van der Waals surface area contributed by atoms with Crippen LogP contribution in [0.15, 0.2) is 58.6 Å². The molecular weight excluding hydrogens is 464 g/mol. The maximum Gasteiger partial charge on any atom is 0.243 e. The zero-order valence-corrected chi connectivity index (χ0v) is 19.8. The molecule has 1 aliphatic rings. The van der Waals surface area contributed by atoms with Crippen molar-refractivity contribution in [3.63, 3.8) is 0 Å². The molecule has 2 aromatic carbocycles. The monoisotopic (exact) mass is 488 g/mol. The Bertz CT molecular complexity index is 1220. The first-order chi connectivity index (χ1) is 15.8. The fraction of sp³-hybridized carbons (Fsp3) is 0.333. The van der Waals surface area contributed by atoms with Crippen molar-refractivity contribution in [3.05, 3.63) is 54.1 Å². The standard InChI is InChI=1S/C21H24N6O4S2/c1-15-4-3-5-18(14-15)27-21(23-24-25-27)32-16(2)20(28)22-17-6-8-19(9-7-17)33(29,30)26-10-12-31-13-11-26/h3-9,14,16H,10-13H2,1-2H3,(H,22,28)/t16-/m1/s1. The number of tetrazole rings is 1. The van der Waals surface area contributed by atoms with Gasteiger partial charge in [0.25, 0.3) is 0 Å². The first-order valence-electron chi connectivity index (χ1n) is 10.4. The maximum atomic E-state index is 12.7. The van der Waals surface area contributed by atoms with E-state index in [0.29, 0.717) is 37.1 Å². The van der Waals surface area contributed by atoms with Gasteiger partial charge in [-0.05, 0) is 66.2 Å². The van der Waals surface area contributed by atoms with E-state index in [1.54, 1.807) is 23.7 Å². The molecule has 1 amide bonds. The second-order valence-electron chi connectivity index (χ2n) is 7.50. The van der Waals surface area contributed by atoms with Gasteiger partial charge in [0.15, 0.2) is 0 Å². The lowest BCUT2D eigenvalue weighted by Crippen LogP contribution is -2.40. The Morgan fingerprint density at radius 2 is 1.88 bits per heavy atom. The zero-order chi connectivity index (χ0) is 23.4. The van der Waals surface area contributed by atoms with Crippen LogP contribution in [0.5, 0.6) is 0 Å². The highest BCUT2D eigenvalue weighted by Crippen LogP contribution is 2.25. The van der Waals surface area contributed by atoms with Crippen molar-refractivity contribution in [2.45, 2.75) is 29.1 Å². The van der Waals surface area contributed by atoms with Crippen LogP contribution >= 0.6 is 11.8 Å². The summed E-state index contributed by atoms with van der Waals surface area (Å²) in [5.41, 5.74) is 2.39. The molecule has 0 aliphatic carbocycles. The number of carbonyl (C=O) groups excluding carboxylic acids is 1. The Hall–Kier alpha value is -2.80. The summed E-state index contributed by atoms with van der Waals surface area (Å²) in [5, 5.41) is 14.6. The summed E-state index contributed by atoms with van der Waals surface area (Å²) in [6.07, 6.45) is 0. The average Bonchev–Trinajstić information content (AvgIpc) is 3.28. The van der Waals surface area contributed by atoms with Crippen molar-refractivity contribution in [1.29, 1.82) is 0 Å². The van der Waals surface area contributed by atoms with E-state index in [1.165, 1.54) is 28.2 Å². The molecular formula is C21H24N6O4S2. The lowest BCUT2D eigenvalue weighted by atomic mass is 10.2. The fourth-order valence-corrected chi connectivity index (χ4v) is 5.49. The number of benzene rings is 2. The topological polar surface area (TPSA) is 119 Å². The molecule has 33 heavy (non-hydrogen) atoms. The van der Waals surface area contributed by atoms with Crippen molar-refractivity contribution in [2.75, 3.05) is 31.6 Å². The van der Waals surface area contributed by atoms with Crippen molar-refractivity contribution in [1.82, 2.24) is 24.5 Å². The summed E-state index contributed by atoms with van der Waals surface area (Å²) in [7, 11) is -3.58. The predicted octanol–water partition coefficient (Wildman–Crippen LogP) is 2.11. The Labute approximate surface area is 196 Å². The van der Waals surface area contributed by atoms with Crippen LogP contribution < -0.4 is 5.32 Å². The zero-order valence-electron chi connectivity index (χ0n) is 18.2. The van der Waals surface area contributed by atoms with Gasteiger partial charge in [-0.2, -0.15) is 8.99 Å². The van der Waals surface area contributed by atoms with Gasteiger partial charge in [0.05, 0.1) is 29.0 Å². The van der Waals surface area contributed by atoms with E-state index < -0.39 is 15.3 Å². The van der Waals surface area contributed by atoms with Gasteiger partial charge in [-0.1, -0.05) is 23.9 Å². The van der Waals surface area contributed by atoms with Gasteiger partial charge in [-0.15, -0.1) is 5.10 Å². The van der Waals surface area contributed by atoms with E-state index in [2.05, 4.69) is 20.8 Å². The summed E-state index contributed by atoms with van der Waals surface area (Å²) in [5.74, 6) is -0.248. The summed E-state index contributed by atoms with van der Waals surface area (Å²) in [6, 6.07) is 13.9. The molecule has 0 unspecified atom stereocenters. The number of nitrogens with zero attached hydrogens (tertiary/aromatic N) is 5. The van der Waals surface area contributed by atoms with Crippen LogP contribution in [-0.2, 0) is 19.6 Å². The van der Waals surface area contributed by atoms with Crippen molar-refractivity contribution in [3.8, 4) is 5.69 Å². The minimum Gasteiger partial charge on any atom is -0.379 e. The molecule has 1 aliphatic heterocycles. The molecule has 0 saturated carbocycles. The second kappa shape index (κ2) is 10.00. The van der Waals surface area contributed by atoms with Gasteiger partial charge >= 0.3 is 0 Å². The second-order valence-corrected chi connectivity index (χ2v) is 10.7. The molecule has 1 N–H and O–H groups in total. The van der Waals surface area contributed by atoms with Crippen LogP contribution in [-0.4, -0.2) is 70.4 Å². The number of hydrogen-bond acceptors (Lipinski definition) is 8. The van der Waals surface area contributed by atoms with E-state index in [0.717, 1.165) is 11.3 Å². The molecule has 1 aromatic heterocycles. The number of carbonyl (C=O) groups is 1. The summed E-state index contributed by atoms with van der Waals surface area (Å²) >= 11 is 1.23.